The van der Waals surface area contributed by atoms with Gasteiger partial charge in [-0.2, -0.15) is 0 Å². The fourth-order valence-electron chi connectivity index (χ4n) is 2.81. The minimum atomic E-state index is -0.311. The molecular formula is C22H27N5OS. The van der Waals surface area contributed by atoms with Crippen LogP contribution >= 0.6 is 11.8 Å². The molecule has 2 aromatic heterocycles. The van der Waals surface area contributed by atoms with Gasteiger partial charge in [0.15, 0.2) is 11.0 Å². The van der Waals surface area contributed by atoms with Crippen LogP contribution < -0.4 is 5.32 Å². The van der Waals surface area contributed by atoms with Crippen molar-refractivity contribution in [1.82, 2.24) is 25.1 Å². The quantitative estimate of drug-likeness (QED) is 0.635. The molecule has 2 heterocycles. The van der Waals surface area contributed by atoms with Crippen molar-refractivity contribution in [2.24, 2.45) is 0 Å². The largest absolute Gasteiger partial charge is 0.351 e. The number of carbonyl (C=O) groups excluding carboxylic acids is 1. The maximum Gasteiger partial charge on any atom is 0.233 e. The lowest BCUT2D eigenvalue weighted by molar-refractivity contribution is -0.121. The summed E-state index contributed by atoms with van der Waals surface area (Å²) in [5.41, 5.74) is 4.02. The van der Waals surface area contributed by atoms with Crippen LogP contribution in [0.1, 0.15) is 38.8 Å². The van der Waals surface area contributed by atoms with E-state index in [0.717, 1.165) is 17.1 Å². The number of nitrogens with one attached hydrogen (secondary N) is 1. The van der Waals surface area contributed by atoms with Crippen LogP contribution in [0.5, 0.6) is 0 Å². The Morgan fingerprint density at radius 1 is 1.07 bits per heavy atom. The average Bonchev–Trinajstić information content (AvgIpc) is 3.07. The molecule has 3 rings (SSSR count). The second-order valence-corrected chi connectivity index (χ2v) is 9.45. The molecule has 1 amide bonds. The SMILES string of the molecule is Cc1ccc(-n2c(S[C@@H](C)C(=O)NC(C)(C)C)nnc2-c2ccncc2)cc1C. The van der Waals surface area contributed by atoms with Gasteiger partial charge in [0, 0.05) is 23.5 Å². The van der Waals surface area contributed by atoms with Gasteiger partial charge in [0.2, 0.25) is 5.91 Å². The molecule has 1 aromatic carbocycles. The van der Waals surface area contributed by atoms with E-state index in [1.165, 1.54) is 22.9 Å². The maximum atomic E-state index is 12.6. The first kappa shape index (κ1) is 21.0. The third kappa shape index (κ3) is 5.03. The van der Waals surface area contributed by atoms with Crippen molar-refractivity contribution in [3.8, 4) is 17.1 Å². The predicted octanol–water partition coefficient (Wildman–Crippen LogP) is 4.34. The molecule has 0 saturated heterocycles. The smallest absolute Gasteiger partial charge is 0.233 e. The number of hydrogen-bond donors (Lipinski definition) is 1. The summed E-state index contributed by atoms with van der Waals surface area (Å²) in [6.07, 6.45) is 3.47. The van der Waals surface area contributed by atoms with Crippen molar-refractivity contribution in [3.63, 3.8) is 0 Å². The van der Waals surface area contributed by atoms with Crippen LogP contribution in [0.2, 0.25) is 0 Å². The summed E-state index contributed by atoms with van der Waals surface area (Å²) in [5, 5.41) is 12.2. The summed E-state index contributed by atoms with van der Waals surface area (Å²) in [7, 11) is 0. The molecule has 0 bridgehead atoms. The van der Waals surface area contributed by atoms with Gasteiger partial charge in [-0.3, -0.25) is 14.3 Å². The molecule has 3 aromatic rings. The first-order chi connectivity index (χ1) is 13.7. The number of aryl methyl sites for hydroxylation is 2. The van der Waals surface area contributed by atoms with Gasteiger partial charge in [0.05, 0.1) is 10.9 Å². The first-order valence-corrected chi connectivity index (χ1v) is 10.5. The normalized spacial score (nSPS) is 12.6. The van der Waals surface area contributed by atoms with Gasteiger partial charge in [-0.05, 0) is 76.9 Å². The average molecular weight is 410 g/mol. The van der Waals surface area contributed by atoms with E-state index in [9.17, 15) is 4.79 Å². The summed E-state index contributed by atoms with van der Waals surface area (Å²) in [6, 6.07) is 10.1. The van der Waals surface area contributed by atoms with Gasteiger partial charge in [0.25, 0.3) is 0 Å². The van der Waals surface area contributed by atoms with Crippen LogP contribution in [0.25, 0.3) is 17.1 Å². The van der Waals surface area contributed by atoms with Gasteiger partial charge in [0.1, 0.15) is 0 Å². The minimum absolute atomic E-state index is 0.0254. The molecule has 7 heteroatoms. The summed E-state index contributed by atoms with van der Waals surface area (Å²) in [4.78, 5) is 16.7. The molecule has 1 N–H and O–H groups in total. The zero-order chi connectivity index (χ0) is 21.2. The number of hydrogen-bond acceptors (Lipinski definition) is 5. The second kappa shape index (κ2) is 8.37. The van der Waals surface area contributed by atoms with Crippen molar-refractivity contribution in [1.29, 1.82) is 0 Å². The number of carbonyl (C=O) groups is 1. The lowest BCUT2D eigenvalue weighted by Crippen LogP contribution is -2.44. The van der Waals surface area contributed by atoms with Crippen LogP contribution in [0.15, 0.2) is 47.9 Å². The summed E-state index contributed by atoms with van der Waals surface area (Å²) < 4.78 is 2.01. The first-order valence-electron chi connectivity index (χ1n) is 9.58. The number of aromatic nitrogens is 4. The Bertz CT molecular complexity index is 1010. The fraction of sp³-hybridized carbons (Fsp3) is 0.364. The highest BCUT2D eigenvalue weighted by Crippen LogP contribution is 2.30. The topological polar surface area (TPSA) is 72.7 Å². The van der Waals surface area contributed by atoms with E-state index in [-0.39, 0.29) is 16.7 Å². The Morgan fingerprint density at radius 2 is 1.76 bits per heavy atom. The Balaban J connectivity index is 2.02. The molecule has 0 spiro atoms. The Hall–Kier alpha value is -2.67. The number of thioether (sulfide) groups is 1. The molecule has 0 aliphatic rings. The van der Waals surface area contributed by atoms with E-state index in [4.69, 9.17) is 0 Å². The second-order valence-electron chi connectivity index (χ2n) is 8.15. The van der Waals surface area contributed by atoms with Gasteiger partial charge in [-0.1, -0.05) is 17.8 Å². The number of benzene rings is 1. The Morgan fingerprint density at radius 3 is 2.38 bits per heavy atom. The third-order valence-corrected chi connectivity index (χ3v) is 5.51. The highest BCUT2D eigenvalue weighted by atomic mass is 32.2. The van der Waals surface area contributed by atoms with E-state index >= 15 is 0 Å². The minimum Gasteiger partial charge on any atom is -0.351 e. The van der Waals surface area contributed by atoms with Crippen LogP contribution in [0, 0.1) is 13.8 Å². The van der Waals surface area contributed by atoms with Gasteiger partial charge in [-0.15, -0.1) is 10.2 Å². The number of rotatable bonds is 5. The van der Waals surface area contributed by atoms with Crippen molar-refractivity contribution in [3.05, 3.63) is 53.9 Å². The monoisotopic (exact) mass is 409 g/mol. The standard InChI is InChI=1S/C22H27N5OS/c1-14-7-8-18(13-15(14)2)27-19(17-9-11-23-12-10-17)25-26-21(27)29-16(3)20(28)24-22(4,5)6/h7-13,16H,1-6H3,(H,24,28)/t16-/m0/s1. The fourth-order valence-corrected chi connectivity index (χ4v) is 3.68. The highest BCUT2D eigenvalue weighted by Gasteiger charge is 2.24. The predicted molar refractivity (Wildman–Crippen MR) is 117 cm³/mol. The lowest BCUT2D eigenvalue weighted by Gasteiger charge is -2.23. The molecule has 6 nitrogen and oxygen atoms in total. The highest BCUT2D eigenvalue weighted by molar-refractivity contribution is 8.00. The van der Waals surface area contributed by atoms with E-state index < -0.39 is 0 Å². The number of nitrogens with zero attached hydrogens (tertiary/aromatic N) is 4. The Kier molecular flexibility index (Phi) is 6.07. The van der Waals surface area contributed by atoms with Gasteiger partial charge < -0.3 is 5.32 Å². The number of amides is 1. The summed E-state index contributed by atoms with van der Waals surface area (Å²) in [5.74, 6) is 0.698. The van der Waals surface area contributed by atoms with Crippen LogP contribution in [0.3, 0.4) is 0 Å². The Labute approximate surface area is 176 Å². The van der Waals surface area contributed by atoms with E-state index in [1.54, 1.807) is 12.4 Å². The van der Waals surface area contributed by atoms with E-state index in [0.29, 0.717) is 5.16 Å². The number of pyridine rings is 1. The molecule has 1 atom stereocenters. The maximum absolute atomic E-state index is 12.6. The van der Waals surface area contributed by atoms with E-state index in [2.05, 4.69) is 52.5 Å². The zero-order valence-electron chi connectivity index (χ0n) is 17.7. The van der Waals surface area contributed by atoms with Gasteiger partial charge >= 0.3 is 0 Å². The molecule has 0 aliphatic carbocycles. The molecule has 0 radical (unpaired) electrons. The zero-order valence-corrected chi connectivity index (χ0v) is 18.5. The van der Waals surface area contributed by atoms with Crippen LogP contribution in [-0.2, 0) is 4.79 Å². The molecule has 0 saturated carbocycles. The van der Waals surface area contributed by atoms with Crippen LogP contribution in [-0.4, -0.2) is 36.4 Å². The molecule has 0 aliphatic heterocycles. The molecule has 0 fully saturated rings. The van der Waals surface area contributed by atoms with Crippen molar-refractivity contribution in [2.75, 3.05) is 0 Å². The van der Waals surface area contributed by atoms with Crippen molar-refractivity contribution < 1.29 is 4.79 Å². The summed E-state index contributed by atoms with van der Waals surface area (Å²) >= 11 is 1.40. The lowest BCUT2D eigenvalue weighted by atomic mass is 10.1. The van der Waals surface area contributed by atoms with Crippen molar-refractivity contribution >= 4 is 17.7 Å². The third-order valence-electron chi connectivity index (χ3n) is 4.47. The van der Waals surface area contributed by atoms with E-state index in [1.807, 2.05) is 44.4 Å². The van der Waals surface area contributed by atoms with Crippen molar-refractivity contribution in [2.45, 2.75) is 57.5 Å². The molecule has 0 unspecified atom stereocenters. The molecular weight excluding hydrogens is 382 g/mol. The van der Waals surface area contributed by atoms with Gasteiger partial charge in [-0.25, -0.2) is 0 Å². The summed E-state index contributed by atoms with van der Waals surface area (Å²) in [6.45, 7) is 12.0. The molecule has 152 valence electrons. The van der Waals surface area contributed by atoms with Crippen LogP contribution in [0.4, 0.5) is 0 Å². The molecule has 29 heavy (non-hydrogen) atoms.